The van der Waals surface area contributed by atoms with E-state index in [0.29, 0.717) is 6.04 Å². The van der Waals surface area contributed by atoms with E-state index in [-0.39, 0.29) is 0 Å². The summed E-state index contributed by atoms with van der Waals surface area (Å²) in [7, 11) is 0. The molecular weight excluding hydrogens is 258 g/mol. The molecule has 4 rings (SSSR count). The summed E-state index contributed by atoms with van der Waals surface area (Å²) in [6, 6.07) is 17.7. The Hall–Kier alpha value is -2.06. The molecule has 0 amide bonds. The molecule has 0 spiro atoms. The fraction of sp³-hybridized carbons (Fsp3) is 0.263. The zero-order valence-corrected chi connectivity index (χ0v) is 12.2. The second kappa shape index (κ2) is 5.05. The third kappa shape index (κ3) is 2.47. The van der Waals surface area contributed by atoms with Gasteiger partial charge in [-0.2, -0.15) is 0 Å². The van der Waals surface area contributed by atoms with E-state index in [2.05, 4.69) is 60.8 Å². The van der Waals surface area contributed by atoms with Crippen molar-refractivity contribution in [1.29, 1.82) is 0 Å². The van der Waals surface area contributed by atoms with Gasteiger partial charge in [-0.25, -0.2) is 0 Å². The molecule has 0 aliphatic heterocycles. The highest BCUT2D eigenvalue weighted by Crippen LogP contribution is 2.32. The fourth-order valence-corrected chi connectivity index (χ4v) is 2.81. The number of rotatable bonds is 4. The minimum Gasteiger partial charge on any atom is -0.460 e. The maximum atomic E-state index is 6.03. The Balaban J connectivity index is 1.70. The van der Waals surface area contributed by atoms with Gasteiger partial charge in [-0.05, 0) is 48.2 Å². The second-order valence-electron chi connectivity index (χ2n) is 5.90. The molecule has 0 atom stereocenters. The van der Waals surface area contributed by atoms with Crippen LogP contribution in [0.5, 0.6) is 0 Å². The van der Waals surface area contributed by atoms with Crippen molar-refractivity contribution in [1.82, 2.24) is 5.32 Å². The quantitative estimate of drug-likeness (QED) is 0.750. The van der Waals surface area contributed by atoms with E-state index in [4.69, 9.17) is 4.42 Å². The molecule has 1 aliphatic carbocycles. The topological polar surface area (TPSA) is 25.2 Å². The first kappa shape index (κ1) is 12.7. The van der Waals surface area contributed by atoms with Crippen LogP contribution in [0.4, 0.5) is 0 Å². The summed E-state index contributed by atoms with van der Waals surface area (Å²) in [5, 5.41) is 6.04. The molecule has 1 heterocycles. The first-order valence-electron chi connectivity index (χ1n) is 7.62. The molecule has 3 aromatic rings. The third-order valence-electron chi connectivity index (χ3n) is 4.21. The highest BCUT2D eigenvalue weighted by molar-refractivity contribution is 5.97. The normalized spacial score (nSPS) is 14.7. The van der Waals surface area contributed by atoms with Crippen LogP contribution in [-0.4, -0.2) is 6.04 Å². The van der Waals surface area contributed by atoms with E-state index in [1.54, 1.807) is 0 Å². The van der Waals surface area contributed by atoms with Gasteiger partial charge in [0.05, 0.1) is 6.54 Å². The largest absolute Gasteiger partial charge is 0.460 e. The summed E-state index contributed by atoms with van der Waals surface area (Å²) in [6.45, 7) is 2.98. The number of benzene rings is 2. The van der Waals surface area contributed by atoms with Gasteiger partial charge in [-0.1, -0.05) is 36.4 Å². The van der Waals surface area contributed by atoms with Crippen LogP contribution >= 0.6 is 0 Å². The number of nitrogens with one attached hydrogen (secondary N) is 1. The van der Waals surface area contributed by atoms with Crippen LogP contribution in [0.2, 0.25) is 0 Å². The number of aryl methyl sites for hydroxylation is 1. The highest BCUT2D eigenvalue weighted by Gasteiger charge is 2.20. The second-order valence-corrected chi connectivity index (χ2v) is 5.90. The van der Waals surface area contributed by atoms with Crippen LogP contribution in [0.3, 0.4) is 0 Å². The maximum absolute atomic E-state index is 6.03. The SMILES string of the molecule is Cc1ccc(-c2ccc(CNC3CC3)o2)c2ccccc12. The van der Waals surface area contributed by atoms with E-state index in [1.807, 2.05) is 0 Å². The van der Waals surface area contributed by atoms with Crippen LogP contribution < -0.4 is 5.32 Å². The van der Waals surface area contributed by atoms with E-state index < -0.39 is 0 Å². The van der Waals surface area contributed by atoms with Crippen molar-refractivity contribution in [3.8, 4) is 11.3 Å². The Kier molecular flexibility index (Phi) is 3.04. The summed E-state index contributed by atoms with van der Waals surface area (Å²) in [6.07, 6.45) is 2.60. The molecule has 0 radical (unpaired) electrons. The molecule has 1 aromatic heterocycles. The zero-order chi connectivity index (χ0) is 14.2. The molecule has 1 aliphatic rings. The molecule has 2 aromatic carbocycles. The Morgan fingerprint density at radius 3 is 2.62 bits per heavy atom. The van der Waals surface area contributed by atoms with Gasteiger partial charge in [0, 0.05) is 11.6 Å². The van der Waals surface area contributed by atoms with Gasteiger partial charge in [-0.3, -0.25) is 0 Å². The first-order chi connectivity index (χ1) is 10.3. The molecule has 0 unspecified atom stereocenters. The predicted octanol–water partition coefficient (Wildman–Crippen LogP) is 4.66. The molecule has 2 heteroatoms. The van der Waals surface area contributed by atoms with Gasteiger partial charge in [0.25, 0.3) is 0 Å². The Morgan fingerprint density at radius 2 is 1.81 bits per heavy atom. The standard InChI is InChI=1S/C19H19NO/c1-13-6-10-18(17-5-3-2-4-16(13)17)19-11-9-15(21-19)12-20-14-7-8-14/h2-6,9-11,14,20H,7-8,12H2,1H3. The fourth-order valence-electron chi connectivity index (χ4n) is 2.81. The van der Waals surface area contributed by atoms with Gasteiger partial charge in [0.15, 0.2) is 0 Å². The van der Waals surface area contributed by atoms with Crippen molar-refractivity contribution in [3.63, 3.8) is 0 Å². The lowest BCUT2D eigenvalue weighted by Crippen LogP contribution is -2.14. The van der Waals surface area contributed by atoms with Gasteiger partial charge < -0.3 is 9.73 Å². The molecule has 106 valence electrons. The van der Waals surface area contributed by atoms with Crippen molar-refractivity contribution in [2.45, 2.75) is 32.4 Å². The summed E-state index contributed by atoms with van der Waals surface area (Å²) in [5.74, 6) is 1.97. The lowest BCUT2D eigenvalue weighted by atomic mass is 9.99. The smallest absolute Gasteiger partial charge is 0.134 e. The van der Waals surface area contributed by atoms with E-state index in [1.165, 1.54) is 34.7 Å². The van der Waals surface area contributed by atoms with Gasteiger partial charge >= 0.3 is 0 Å². The van der Waals surface area contributed by atoms with Crippen molar-refractivity contribution in [3.05, 3.63) is 59.9 Å². The van der Waals surface area contributed by atoms with Crippen LogP contribution in [0.25, 0.3) is 22.1 Å². The molecule has 1 saturated carbocycles. The lowest BCUT2D eigenvalue weighted by molar-refractivity contribution is 0.493. The number of fused-ring (bicyclic) bond motifs is 1. The molecule has 1 N–H and O–H groups in total. The molecular formula is C19H19NO. The van der Waals surface area contributed by atoms with Crippen molar-refractivity contribution in [2.75, 3.05) is 0 Å². The van der Waals surface area contributed by atoms with E-state index in [0.717, 1.165) is 18.1 Å². The van der Waals surface area contributed by atoms with Crippen LogP contribution in [-0.2, 0) is 6.54 Å². The minimum absolute atomic E-state index is 0.707. The third-order valence-corrected chi connectivity index (χ3v) is 4.21. The van der Waals surface area contributed by atoms with Crippen molar-refractivity contribution >= 4 is 10.8 Å². The number of hydrogen-bond acceptors (Lipinski definition) is 2. The lowest BCUT2D eigenvalue weighted by Gasteiger charge is -2.07. The summed E-state index contributed by atoms with van der Waals surface area (Å²) in [4.78, 5) is 0. The number of hydrogen-bond donors (Lipinski definition) is 1. The Bertz CT molecular complexity index is 783. The van der Waals surface area contributed by atoms with Crippen LogP contribution in [0.1, 0.15) is 24.2 Å². The molecule has 21 heavy (non-hydrogen) atoms. The summed E-state index contributed by atoms with van der Waals surface area (Å²) in [5.41, 5.74) is 2.48. The van der Waals surface area contributed by atoms with Gasteiger partial charge in [0.1, 0.15) is 11.5 Å². The zero-order valence-electron chi connectivity index (χ0n) is 12.2. The van der Waals surface area contributed by atoms with Gasteiger partial charge in [0.2, 0.25) is 0 Å². The number of furan rings is 1. The first-order valence-corrected chi connectivity index (χ1v) is 7.62. The maximum Gasteiger partial charge on any atom is 0.134 e. The molecule has 1 fully saturated rings. The monoisotopic (exact) mass is 277 g/mol. The molecule has 0 saturated heterocycles. The predicted molar refractivity (Wildman–Crippen MR) is 86.2 cm³/mol. The Labute approximate surface area is 124 Å². The van der Waals surface area contributed by atoms with Crippen LogP contribution in [0.15, 0.2) is 52.9 Å². The highest BCUT2D eigenvalue weighted by atomic mass is 16.3. The average molecular weight is 277 g/mol. The van der Waals surface area contributed by atoms with Gasteiger partial charge in [-0.15, -0.1) is 0 Å². The molecule has 2 nitrogen and oxygen atoms in total. The van der Waals surface area contributed by atoms with E-state index in [9.17, 15) is 0 Å². The summed E-state index contributed by atoms with van der Waals surface area (Å²) >= 11 is 0. The average Bonchev–Trinajstić information content (AvgIpc) is 3.23. The summed E-state index contributed by atoms with van der Waals surface area (Å²) < 4.78 is 6.03. The van der Waals surface area contributed by atoms with Crippen LogP contribution in [0, 0.1) is 6.92 Å². The molecule has 0 bridgehead atoms. The van der Waals surface area contributed by atoms with E-state index >= 15 is 0 Å². The minimum atomic E-state index is 0.707. The van der Waals surface area contributed by atoms with Crippen molar-refractivity contribution in [2.24, 2.45) is 0 Å². The Morgan fingerprint density at radius 1 is 1.00 bits per heavy atom. The van der Waals surface area contributed by atoms with Crippen molar-refractivity contribution < 1.29 is 4.42 Å².